The van der Waals surface area contributed by atoms with Crippen molar-refractivity contribution in [1.29, 1.82) is 0 Å². The molecule has 8 aromatic carbocycles. The number of hydrogen-bond donors (Lipinski definition) is 0. The van der Waals surface area contributed by atoms with Crippen molar-refractivity contribution >= 4 is 27.8 Å². The molecule has 4 aliphatic rings. The number of nitrogens with zero attached hydrogens (tertiary/aromatic N) is 1. The van der Waals surface area contributed by atoms with Crippen LogP contribution in [0.1, 0.15) is 68.8 Å². The Morgan fingerprint density at radius 1 is 0.464 bits per heavy atom. The maximum absolute atomic E-state index is 2.61. The van der Waals surface area contributed by atoms with Crippen LogP contribution < -0.4 is 4.90 Å². The Balaban J connectivity index is 1.10. The van der Waals surface area contributed by atoms with Gasteiger partial charge in [-0.1, -0.05) is 152 Å². The van der Waals surface area contributed by atoms with Crippen molar-refractivity contribution in [2.24, 2.45) is 11.8 Å². The van der Waals surface area contributed by atoms with Gasteiger partial charge in [-0.05, 0) is 146 Å². The van der Waals surface area contributed by atoms with Gasteiger partial charge in [0.05, 0.1) is 5.69 Å². The molecular weight excluding hydrogens is 675 g/mol. The van der Waals surface area contributed by atoms with Crippen molar-refractivity contribution in [3.8, 4) is 11.1 Å². The minimum Gasteiger partial charge on any atom is -0.310 e. The molecule has 0 aromatic heterocycles. The van der Waals surface area contributed by atoms with Crippen molar-refractivity contribution in [3.05, 3.63) is 232 Å². The number of benzene rings is 8. The molecule has 268 valence electrons. The van der Waals surface area contributed by atoms with Gasteiger partial charge in [0.25, 0.3) is 0 Å². The van der Waals surface area contributed by atoms with Crippen LogP contribution in [-0.2, 0) is 24.7 Å². The van der Waals surface area contributed by atoms with Crippen LogP contribution in [0.4, 0.5) is 17.1 Å². The number of hydrogen-bond acceptors (Lipinski definition) is 1. The fraction of sp³-hybridized carbons (Fsp3) is 0.164. The molecule has 4 atom stereocenters. The normalized spacial score (nSPS) is 20.1. The highest BCUT2D eigenvalue weighted by molar-refractivity contribution is 5.88. The molecule has 0 amide bonds. The first kappa shape index (κ1) is 32.1. The standard InChI is InChI=1S/C55H43N/c1-3-15-37(16-4-1)52(49-25-11-18-36-14-7-9-23-46(36)49)50-26-12-19-39-33-42-28-29-43-34-40-20-13-27-51(54(40)55(42,43)53(39)50)56(44-21-5-2-6-22-44)45-30-31-48-41(35-45)32-38-17-8-10-24-47(38)48/h1-27,30-31,35,42-43,52H,28-29,32-34H2. The molecule has 1 saturated carbocycles. The summed E-state index contributed by atoms with van der Waals surface area (Å²) < 4.78 is 0. The summed E-state index contributed by atoms with van der Waals surface area (Å²) in [4.78, 5) is 2.61. The number of para-hydroxylation sites is 1. The fourth-order valence-corrected chi connectivity index (χ4v) is 12.1. The number of fused-ring (bicyclic) bond motifs is 6. The Hall–Kier alpha value is -6.18. The summed E-state index contributed by atoms with van der Waals surface area (Å²) in [5, 5.41) is 2.65. The van der Waals surface area contributed by atoms with Gasteiger partial charge in [-0.25, -0.2) is 0 Å². The summed E-state index contributed by atoms with van der Waals surface area (Å²) >= 11 is 0. The van der Waals surface area contributed by atoms with Crippen LogP contribution in [0.5, 0.6) is 0 Å². The van der Waals surface area contributed by atoms with E-state index in [1.807, 2.05) is 0 Å². The predicted molar refractivity (Wildman–Crippen MR) is 232 cm³/mol. The van der Waals surface area contributed by atoms with Gasteiger partial charge in [0.1, 0.15) is 0 Å². The third-order valence-electron chi connectivity index (χ3n) is 14.1. The zero-order valence-corrected chi connectivity index (χ0v) is 31.5. The van der Waals surface area contributed by atoms with Gasteiger partial charge in [-0.3, -0.25) is 0 Å². The molecule has 1 heteroatoms. The lowest BCUT2D eigenvalue weighted by Gasteiger charge is -2.39. The van der Waals surface area contributed by atoms with Gasteiger partial charge < -0.3 is 4.90 Å². The molecule has 4 unspecified atom stereocenters. The Morgan fingerprint density at radius 2 is 1.09 bits per heavy atom. The van der Waals surface area contributed by atoms with E-state index in [0.717, 1.165) is 19.3 Å². The quantitative estimate of drug-likeness (QED) is 0.155. The van der Waals surface area contributed by atoms with Gasteiger partial charge >= 0.3 is 0 Å². The second-order valence-corrected chi connectivity index (χ2v) is 16.7. The second kappa shape index (κ2) is 12.4. The van der Waals surface area contributed by atoms with E-state index in [9.17, 15) is 0 Å². The highest BCUT2D eigenvalue weighted by atomic mass is 15.1. The van der Waals surface area contributed by atoms with Crippen LogP contribution in [0.3, 0.4) is 0 Å². The van der Waals surface area contributed by atoms with Crippen molar-refractivity contribution < 1.29 is 0 Å². The molecule has 1 spiro atoms. The van der Waals surface area contributed by atoms with Gasteiger partial charge in [0.2, 0.25) is 0 Å². The van der Waals surface area contributed by atoms with E-state index in [0.29, 0.717) is 11.8 Å². The first-order valence-electron chi connectivity index (χ1n) is 20.6. The molecule has 0 saturated heterocycles. The molecular formula is C55H43N. The summed E-state index contributed by atoms with van der Waals surface area (Å²) in [6, 6.07) is 69.2. The Bertz CT molecular complexity index is 2800. The Labute approximate surface area is 329 Å². The molecule has 0 radical (unpaired) electrons. The second-order valence-electron chi connectivity index (χ2n) is 16.7. The van der Waals surface area contributed by atoms with Crippen LogP contribution in [0.2, 0.25) is 0 Å². The molecule has 4 aliphatic carbocycles. The van der Waals surface area contributed by atoms with E-state index in [-0.39, 0.29) is 11.3 Å². The van der Waals surface area contributed by atoms with E-state index in [1.165, 1.54) is 85.2 Å². The predicted octanol–water partition coefficient (Wildman–Crippen LogP) is 13.5. The van der Waals surface area contributed by atoms with Crippen LogP contribution in [0.25, 0.3) is 21.9 Å². The molecule has 0 heterocycles. The maximum Gasteiger partial charge on any atom is 0.0505 e. The minimum atomic E-state index is -0.0601. The molecule has 0 aliphatic heterocycles. The molecule has 8 aromatic rings. The van der Waals surface area contributed by atoms with Gasteiger partial charge in [0.15, 0.2) is 0 Å². The molecule has 1 fully saturated rings. The van der Waals surface area contributed by atoms with Gasteiger partial charge in [-0.15, -0.1) is 0 Å². The smallest absolute Gasteiger partial charge is 0.0505 e. The first-order chi connectivity index (χ1) is 27.8. The van der Waals surface area contributed by atoms with Crippen molar-refractivity contribution in [2.75, 3.05) is 4.90 Å². The Kier molecular flexibility index (Phi) is 7.12. The van der Waals surface area contributed by atoms with Crippen LogP contribution >= 0.6 is 0 Å². The highest BCUT2D eigenvalue weighted by Gasteiger charge is 2.62. The summed E-state index contributed by atoms with van der Waals surface area (Å²) in [6.45, 7) is 0. The van der Waals surface area contributed by atoms with Gasteiger partial charge in [-0.2, -0.15) is 0 Å². The zero-order valence-electron chi connectivity index (χ0n) is 31.5. The number of anilines is 3. The van der Waals surface area contributed by atoms with Gasteiger partial charge in [0, 0.05) is 22.7 Å². The van der Waals surface area contributed by atoms with Crippen LogP contribution in [-0.4, -0.2) is 0 Å². The van der Waals surface area contributed by atoms with Crippen LogP contribution in [0.15, 0.2) is 182 Å². The summed E-state index contributed by atoms with van der Waals surface area (Å²) in [5.74, 6) is 1.26. The highest BCUT2D eigenvalue weighted by Crippen LogP contribution is 2.68. The van der Waals surface area contributed by atoms with Crippen molar-refractivity contribution in [1.82, 2.24) is 0 Å². The van der Waals surface area contributed by atoms with Crippen LogP contribution in [0, 0.1) is 11.8 Å². The Morgan fingerprint density at radius 3 is 1.93 bits per heavy atom. The molecule has 0 bridgehead atoms. The number of rotatable bonds is 6. The summed E-state index contributed by atoms with van der Waals surface area (Å²) in [7, 11) is 0. The van der Waals surface area contributed by atoms with Crippen molar-refractivity contribution in [2.45, 2.75) is 43.4 Å². The lowest BCUT2D eigenvalue weighted by Crippen LogP contribution is -2.34. The lowest BCUT2D eigenvalue weighted by molar-refractivity contribution is 0.348. The van der Waals surface area contributed by atoms with E-state index in [4.69, 9.17) is 0 Å². The van der Waals surface area contributed by atoms with E-state index < -0.39 is 0 Å². The monoisotopic (exact) mass is 717 g/mol. The molecule has 12 rings (SSSR count). The zero-order chi connectivity index (χ0) is 36.8. The topological polar surface area (TPSA) is 3.24 Å². The fourth-order valence-electron chi connectivity index (χ4n) is 12.1. The lowest BCUT2D eigenvalue weighted by atomic mass is 9.65. The minimum absolute atomic E-state index is 0.0601. The largest absolute Gasteiger partial charge is 0.310 e. The molecule has 56 heavy (non-hydrogen) atoms. The summed E-state index contributed by atoms with van der Waals surface area (Å²) in [6.07, 6.45) is 5.82. The maximum atomic E-state index is 2.61. The first-order valence-corrected chi connectivity index (χ1v) is 20.6. The third kappa shape index (κ3) is 4.55. The van der Waals surface area contributed by atoms with E-state index in [2.05, 4.69) is 187 Å². The van der Waals surface area contributed by atoms with E-state index in [1.54, 1.807) is 16.7 Å². The van der Waals surface area contributed by atoms with E-state index >= 15 is 0 Å². The summed E-state index contributed by atoms with van der Waals surface area (Å²) in [5.41, 5.74) is 19.9. The molecule has 0 N–H and O–H groups in total. The van der Waals surface area contributed by atoms with Crippen molar-refractivity contribution in [3.63, 3.8) is 0 Å². The average molecular weight is 718 g/mol. The molecule has 1 nitrogen and oxygen atoms in total. The SMILES string of the molecule is c1ccc(C(c2cccc3c2C24c5c(cccc5N(c5ccccc5)c5ccc6c(c5)Cc5ccccc5-6)CC2CCC4C3)c2cccc3ccccc23)cc1. The average Bonchev–Trinajstić information content (AvgIpc) is 3.98. The third-order valence-corrected chi connectivity index (χ3v) is 14.1.